The fourth-order valence-corrected chi connectivity index (χ4v) is 0.561. The Kier molecular flexibility index (Phi) is 2.10. The summed E-state index contributed by atoms with van der Waals surface area (Å²) in [4.78, 5) is 10.4. The highest BCUT2D eigenvalue weighted by Gasteiger charge is 1.89. The lowest BCUT2D eigenvalue weighted by atomic mass is 10.8. The summed E-state index contributed by atoms with van der Waals surface area (Å²) < 4.78 is 6.54. The van der Waals surface area contributed by atoms with E-state index in [4.69, 9.17) is 4.42 Å². The maximum absolute atomic E-state index is 10.4. The number of carbonyl (C=O) groups is 1. The molecule has 1 aromatic heterocycles. The second-order valence-electron chi connectivity index (χ2n) is 2.08. The maximum atomic E-state index is 10.4. The number of oxazole rings is 1. The molecule has 0 fully saturated rings. The highest BCUT2D eigenvalue weighted by molar-refractivity contribution is 5.72. The molecule has 0 aliphatic carbocycles. The number of aromatic nitrogens is 1. The second kappa shape index (κ2) is 3.05. The zero-order valence-electron chi connectivity index (χ0n) is 6.37. The summed E-state index contributed by atoms with van der Waals surface area (Å²) in [7, 11) is 1.77. The molecule has 0 aliphatic rings. The first-order chi connectivity index (χ1) is 5.20. The smallest absolute Gasteiger partial charge is 0.318 e. The first-order valence-electron chi connectivity index (χ1n) is 3.10. The molecule has 0 saturated carbocycles. The van der Waals surface area contributed by atoms with Gasteiger partial charge in [0, 0.05) is 20.2 Å². The van der Waals surface area contributed by atoms with E-state index in [-0.39, 0.29) is 5.91 Å². The molecule has 0 atom stereocenters. The van der Waals surface area contributed by atoms with Gasteiger partial charge in [0.2, 0.25) is 5.91 Å². The van der Waals surface area contributed by atoms with Gasteiger partial charge in [0.15, 0.2) is 0 Å². The number of nitrogens with one attached hydrogen (secondary N) is 1. The van der Waals surface area contributed by atoms with E-state index in [9.17, 15) is 4.79 Å². The van der Waals surface area contributed by atoms with Gasteiger partial charge < -0.3 is 8.98 Å². The highest BCUT2D eigenvalue weighted by atomic mass is 16.3. The molecule has 1 aromatic rings. The van der Waals surface area contributed by atoms with Crippen molar-refractivity contribution < 1.29 is 9.21 Å². The van der Waals surface area contributed by atoms with Crippen molar-refractivity contribution in [3.05, 3.63) is 18.1 Å². The van der Waals surface area contributed by atoms with Gasteiger partial charge in [-0.1, -0.05) is 0 Å². The van der Waals surface area contributed by atoms with Crippen LogP contribution in [0.15, 0.2) is 22.0 Å². The largest absolute Gasteiger partial charge is 0.431 e. The molecule has 11 heavy (non-hydrogen) atoms. The molecular weight excluding hydrogens is 146 g/mol. The standard InChI is InChI=1S/C6H9N3O2/c1-5(10)7-8-6-9(2)3-4-11-6/h3-4H,1-2H3,(H,7,10). The average Bonchev–Trinajstić information content (AvgIpc) is 2.31. The number of nitrogens with zero attached hydrogens (tertiary/aromatic N) is 2. The molecule has 0 bridgehead atoms. The molecule has 0 radical (unpaired) electrons. The van der Waals surface area contributed by atoms with Crippen molar-refractivity contribution >= 4 is 5.91 Å². The van der Waals surface area contributed by atoms with Gasteiger partial charge >= 0.3 is 5.68 Å². The van der Waals surface area contributed by atoms with Crippen molar-refractivity contribution in [3.8, 4) is 0 Å². The van der Waals surface area contributed by atoms with E-state index in [0.717, 1.165) is 0 Å². The van der Waals surface area contributed by atoms with Crippen LogP contribution >= 0.6 is 0 Å². The van der Waals surface area contributed by atoms with E-state index < -0.39 is 0 Å². The van der Waals surface area contributed by atoms with Gasteiger partial charge in [-0.25, -0.2) is 5.43 Å². The van der Waals surface area contributed by atoms with Crippen LogP contribution in [0.5, 0.6) is 0 Å². The van der Waals surface area contributed by atoms with E-state index in [1.165, 1.54) is 13.2 Å². The fraction of sp³-hybridized carbons (Fsp3) is 0.333. The van der Waals surface area contributed by atoms with Crippen molar-refractivity contribution in [2.45, 2.75) is 6.92 Å². The SMILES string of the molecule is CC(=O)NN=c1occn1C. The quantitative estimate of drug-likeness (QED) is 0.559. The third kappa shape index (κ3) is 1.96. The summed E-state index contributed by atoms with van der Waals surface area (Å²) in [6.07, 6.45) is 3.18. The fourth-order valence-electron chi connectivity index (χ4n) is 0.561. The third-order valence-electron chi connectivity index (χ3n) is 1.07. The summed E-state index contributed by atoms with van der Waals surface area (Å²) in [6.45, 7) is 1.38. The molecule has 5 heteroatoms. The summed E-state index contributed by atoms with van der Waals surface area (Å²) in [5.74, 6) is -0.221. The lowest BCUT2D eigenvalue weighted by Gasteiger charge is -1.89. The molecule has 60 valence electrons. The van der Waals surface area contributed by atoms with Crippen molar-refractivity contribution in [1.82, 2.24) is 9.99 Å². The monoisotopic (exact) mass is 155 g/mol. The van der Waals surface area contributed by atoms with Crippen molar-refractivity contribution in [2.75, 3.05) is 0 Å². The van der Waals surface area contributed by atoms with Gasteiger partial charge in [-0.15, -0.1) is 5.10 Å². The van der Waals surface area contributed by atoms with E-state index in [2.05, 4.69) is 10.5 Å². The molecule has 0 unspecified atom stereocenters. The Hall–Kier alpha value is -1.52. The Labute approximate surface area is 63.3 Å². The molecule has 0 spiro atoms. The van der Waals surface area contributed by atoms with E-state index >= 15 is 0 Å². The molecule has 0 saturated heterocycles. The van der Waals surface area contributed by atoms with Crippen LogP contribution in [-0.4, -0.2) is 10.5 Å². The van der Waals surface area contributed by atoms with Gasteiger partial charge in [-0.2, -0.15) is 0 Å². The Morgan fingerprint density at radius 3 is 3.00 bits per heavy atom. The Morgan fingerprint density at radius 2 is 2.55 bits per heavy atom. The van der Waals surface area contributed by atoms with Gasteiger partial charge in [0.05, 0.1) is 0 Å². The summed E-state index contributed by atoms with van der Waals surface area (Å²) in [6, 6.07) is 0. The molecule has 1 rings (SSSR count). The summed E-state index contributed by atoms with van der Waals surface area (Å²) in [5, 5.41) is 3.66. The van der Waals surface area contributed by atoms with Crippen LogP contribution in [0.4, 0.5) is 0 Å². The van der Waals surface area contributed by atoms with Crippen LogP contribution < -0.4 is 11.1 Å². The van der Waals surface area contributed by atoms with E-state index in [1.807, 2.05) is 0 Å². The van der Waals surface area contributed by atoms with Crippen LogP contribution in [0.2, 0.25) is 0 Å². The zero-order chi connectivity index (χ0) is 8.27. The minimum atomic E-state index is -0.221. The average molecular weight is 155 g/mol. The normalized spacial score (nSPS) is 11.6. The van der Waals surface area contributed by atoms with Crippen LogP contribution in [0, 0.1) is 0 Å². The minimum Gasteiger partial charge on any atom is -0.431 e. The summed E-state index contributed by atoms with van der Waals surface area (Å²) in [5.41, 5.74) is 2.62. The first-order valence-corrected chi connectivity index (χ1v) is 3.10. The van der Waals surface area contributed by atoms with Gasteiger partial charge in [0.25, 0.3) is 0 Å². The minimum absolute atomic E-state index is 0.221. The van der Waals surface area contributed by atoms with Crippen molar-refractivity contribution in [1.29, 1.82) is 0 Å². The van der Waals surface area contributed by atoms with Crippen LogP contribution in [0.25, 0.3) is 0 Å². The van der Waals surface area contributed by atoms with E-state index in [0.29, 0.717) is 5.68 Å². The topological polar surface area (TPSA) is 59.5 Å². The van der Waals surface area contributed by atoms with Gasteiger partial charge in [0.1, 0.15) is 6.26 Å². The first kappa shape index (κ1) is 7.59. The van der Waals surface area contributed by atoms with Crippen LogP contribution in [0.3, 0.4) is 0 Å². The number of carbonyl (C=O) groups excluding carboxylic acids is 1. The Bertz CT molecular complexity index is 310. The zero-order valence-corrected chi connectivity index (χ0v) is 6.37. The maximum Gasteiger partial charge on any atom is 0.318 e. The number of hydrogen-bond acceptors (Lipinski definition) is 3. The lowest BCUT2D eigenvalue weighted by Crippen LogP contribution is -2.21. The molecule has 1 amide bonds. The van der Waals surface area contributed by atoms with Gasteiger partial charge in [-0.3, -0.25) is 4.79 Å². The molecular formula is C6H9N3O2. The Morgan fingerprint density at radius 1 is 1.82 bits per heavy atom. The summed E-state index contributed by atoms with van der Waals surface area (Å²) >= 11 is 0. The highest BCUT2D eigenvalue weighted by Crippen LogP contribution is 1.74. The van der Waals surface area contributed by atoms with Gasteiger partial charge in [-0.05, 0) is 0 Å². The molecule has 5 nitrogen and oxygen atoms in total. The molecule has 1 heterocycles. The second-order valence-corrected chi connectivity index (χ2v) is 2.08. The number of hydrogen-bond donors (Lipinski definition) is 1. The van der Waals surface area contributed by atoms with Crippen LogP contribution in [0.1, 0.15) is 6.92 Å². The number of aryl methyl sites for hydroxylation is 1. The predicted molar refractivity (Wildman–Crippen MR) is 37.1 cm³/mol. The van der Waals surface area contributed by atoms with Crippen LogP contribution in [-0.2, 0) is 11.8 Å². The van der Waals surface area contributed by atoms with Crippen molar-refractivity contribution in [2.24, 2.45) is 12.1 Å². The number of rotatable bonds is 1. The molecule has 0 aliphatic heterocycles. The molecule has 0 aromatic carbocycles. The Balaban J connectivity index is 2.83. The molecule has 1 N–H and O–H groups in total. The predicted octanol–water partition coefficient (Wildman–Crippen LogP) is -0.430. The van der Waals surface area contributed by atoms with Crippen molar-refractivity contribution in [3.63, 3.8) is 0 Å². The third-order valence-corrected chi connectivity index (χ3v) is 1.07. The van der Waals surface area contributed by atoms with E-state index in [1.54, 1.807) is 17.8 Å². The lowest BCUT2D eigenvalue weighted by molar-refractivity contribution is -0.119. The number of amides is 1.